The number of halogens is 1. The van der Waals surface area contributed by atoms with Crippen molar-refractivity contribution in [1.82, 2.24) is 14.6 Å². The average molecular weight is 297 g/mol. The molecule has 1 N–H and O–H groups in total. The van der Waals surface area contributed by atoms with Gasteiger partial charge in [0.25, 0.3) is 0 Å². The van der Waals surface area contributed by atoms with Gasteiger partial charge in [-0.1, -0.05) is 18.5 Å². The van der Waals surface area contributed by atoms with E-state index in [0.29, 0.717) is 18.4 Å². The Balaban J connectivity index is 2.60. The largest absolute Gasteiger partial charge is 0.374 e. The quantitative estimate of drug-likeness (QED) is 0.832. The number of ether oxygens (including phenoxy) is 1. The molecule has 0 aliphatic carbocycles. The molecular formula is C14H21ClN4O. The zero-order chi connectivity index (χ0) is 14.7. The summed E-state index contributed by atoms with van der Waals surface area (Å²) in [4.78, 5) is 8.92. The van der Waals surface area contributed by atoms with Gasteiger partial charge in [-0.05, 0) is 32.8 Å². The molecule has 0 bridgehead atoms. The minimum atomic E-state index is 0.442. The smallest absolute Gasteiger partial charge is 0.157 e. The molecule has 2 aromatic rings. The molecule has 2 heterocycles. The molecule has 110 valence electrons. The normalized spacial score (nSPS) is 11.2. The number of hydrogen-bond acceptors (Lipinski definition) is 4. The summed E-state index contributed by atoms with van der Waals surface area (Å²) < 4.78 is 7.48. The lowest BCUT2D eigenvalue weighted by atomic mass is 10.2. The van der Waals surface area contributed by atoms with Crippen LogP contribution in [-0.4, -0.2) is 27.8 Å². The fourth-order valence-electron chi connectivity index (χ4n) is 2.10. The number of rotatable bonds is 6. The van der Waals surface area contributed by atoms with Gasteiger partial charge in [-0.25, -0.2) is 14.6 Å². The van der Waals surface area contributed by atoms with Crippen LogP contribution in [-0.2, 0) is 11.3 Å². The van der Waals surface area contributed by atoms with Crippen LogP contribution in [0.15, 0.2) is 0 Å². The minimum Gasteiger partial charge on any atom is -0.374 e. The molecule has 0 saturated heterocycles. The lowest BCUT2D eigenvalue weighted by molar-refractivity contribution is 0.127. The molecule has 0 aliphatic heterocycles. The van der Waals surface area contributed by atoms with E-state index in [2.05, 4.69) is 22.3 Å². The first-order chi connectivity index (χ1) is 9.60. The van der Waals surface area contributed by atoms with Gasteiger partial charge in [-0.2, -0.15) is 0 Å². The van der Waals surface area contributed by atoms with E-state index < -0.39 is 0 Å². The van der Waals surface area contributed by atoms with Gasteiger partial charge in [0, 0.05) is 18.8 Å². The molecule has 0 unspecified atom stereocenters. The standard InChI is InChI=1S/C14H21ClN4O/c1-5-7-16-19-11(8-20-6-2)18-12-13(19)9(3)10(4)17-14(12)15/h16H,5-8H2,1-4H3. The Bertz CT molecular complexity index is 609. The third-order valence-electron chi connectivity index (χ3n) is 3.26. The van der Waals surface area contributed by atoms with Crippen LogP contribution < -0.4 is 5.43 Å². The Morgan fingerprint density at radius 2 is 2.00 bits per heavy atom. The summed E-state index contributed by atoms with van der Waals surface area (Å²) in [6.45, 7) is 10.1. The average Bonchev–Trinajstić information content (AvgIpc) is 2.79. The molecule has 0 atom stereocenters. The van der Waals surface area contributed by atoms with Gasteiger partial charge in [-0.3, -0.25) is 0 Å². The van der Waals surface area contributed by atoms with Gasteiger partial charge in [0.2, 0.25) is 0 Å². The number of fused-ring (bicyclic) bond motifs is 1. The van der Waals surface area contributed by atoms with Gasteiger partial charge in [0.1, 0.15) is 12.1 Å². The summed E-state index contributed by atoms with van der Waals surface area (Å²) >= 11 is 6.23. The lowest BCUT2D eigenvalue weighted by Crippen LogP contribution is -2.19. The summed E-state index contributed by atoms with van der Waals surface area (Å²) in [6, 6.07) is 0. The van der Waals surface area contributed by atoms with Crippen molar-refractivity contribution in [1.29, 1.82) is 0 Å². The maximum atomic E-state index is 6.23. The predicted octanol–water partition coefficient (Wildman–Crippen LogP) is 3.19. The second-order valence-corrected chi connectivity index (χ2v) is 5.08. The Labute approximate surface area is 124 Å². The summed E-state index contributed by atoms with van der Waals surface area (Å²) in [7, 11) is 0. The van der Waals surface area contributed by atoms with Crippen molar-refractivity contribution in [2.75, 3.05) is 18.6 Å². The van der Waals surface area contributed by atoms with Gasteiger partial charge in [0.15, 0.2) is 11.0 Å². The third-order valence-corrected chi connectivity index (χ3v) is 3.52. The van der Waals surface area contributed by atoms with Crippen LogP contribution in [0.5, 0.6) is 0 Å². The Hall–Kier alpha value is -1.33. The van der Waals surface area contributed by atoms with E-state index in [-0.39, 0.29) is 0 Å². The maximum Gasteiger partial charge on any atom is 0.157 e. The number of aryl methyl sites for hydroxylation is 2. The van der Waals surface area contributed by atoms with Crippen LogP contribution in [0.4, 0.5) is 0 Å². The zero-order valence-electron chi connectivity index (χ0n) is 12.5. The molecule has 0 fully saturated rings. The van der Waals surface area contributed by atoms with Crippen molar-refractivity contribution >= 4 is 22.6 Å². The monoisotopic (exact) mass is 296 g/mol. The van der Waals surface area contributed by atoms with Crippen LogP contribution >= 0.6 is 11.6 Å². The SMILES string of the molecule is CCCNn1c(COCC)nc2c(Cl)nc(C)c(C)c21. The third kappa shape index (κ3) is 2.74. The molecule has 0 saturated carbocycles. The predicted molar refractivity (Wildman–Crippen MR) is 81.9 cm³/mol. The first-order valence-corrected chi connectivity index (χ1v) is 7.33. The minimum absolute atomic E-state index is 0.442. The molecule has 5 nitrogen and oxygen atoms in total. The molecular weight excluding hydrogens is 276 g/mol. The van der Waals surface area contributed by atoms with E-state index in [1.54, 1.807) is 0 Å². The van der Waals surface area contributed by atoms with E-state index in [9.17, 15) is 0 Å². The fraction of sp³-hybridized carbons (Fsp3) is 0.571. The van der Waals surface area contributed by atoms with Gasteiger partial charge >= 0.3 is 0 Å². The highest BCUT2D eigenvalue weighted by Gasteiger charge is 2.17. The molecule has 0 radical (unpaired) electrons. The van der Waals surface area contributed by atoms with Crippen LogP contribution in [0.3, 0.4) is 0 Å². The number of hydrogen-bond donors (Lipinski definition) is 1. The summed E-state index contributed by atoms with van der Waals surface area (Å²) in [5, 5.41) is 0.442. The van der Waals surface area contributed by atoms with Crippen molar-refractivity contribution in [3.05, 3.63) is 22.2 Å². The van der Waals surface area contributed by atoms with Crippen molar-refractivity contribution in [2.45, 2.75) is 40.7 Å². The molecule has 2 rings (SSSR count). The van der Waals surface area contributed by atoms with Crippen molar-refractivity contribution in [3.63, 3.8) is 0 Å². The summed E-state index contributed by atoms with van der Waals surface area (Å²) in [5.74, 6) is 0.827. The zero-order valence-corrected chi connectivity index (χ0v) is 13.2. The number of nitrogens with zero attached hydrogens (tertiary/aromatic N) is 3. The highest BCUT2D eigenvalue weighted by atomic mass is 35.5. The molecule has 6 heteroatoms. The van der Waals surface area contributed by atoms with Crippen LogP contribution in [0, 0.1) is 13.8 Å². The number of imidazole rings is 1. The molecule has 0 aliphatic rings. The first kappa shape index (κ1) is 15.1. The van der Waals surface area contributed by atoms with E-state index in [0.717, 1.165) is 41.1 Å². The first-order valence-electron chi connectivity index (χ1n) is 6.95. The van der Waals surface area contributed by atoms with Crippen LogP contribution in [0.1, 0.15) is 37.4 Å². The summed E-state index contributed by atoms with van der Waals surface area (Å²) in [6.07, 6.45) is 1.03. The molecule has 0 aromatic carbocycles. The topological polar surface area (TPSA) is 52.0 Å². The molecule has 0 spiro atoms. The van der Waals surface area contributed by atoms with Crippen LogP contribution in [0.25, 0.3) is 11.0 Å². The van der Waals surface area contributed by atoms with Crippen LogP contribution in [0.2, 0.25) is 5.15 Å². The van der Waals surface area contributed by atoms with Crippen molar-refractivity contribution < 1.29 is 4.74 Å². The summed E-state index contributed by atoms with van der Waals surface area (Å²) in [5.41, 5.74) is 7.11. The van der Waals surface area contributed by atoms with Crippen molar-refractivity contribution in [3.8, 4) is 0 Å². The van der Waals surface area contributed by atoms with Gasteiger partial charge in [-0.15, -0.1) is 0 Å². The van der Waals surface area contributed by atoms with E-state index in [4.69, 9.17) is 16.3 Å². The van der Waals surface area contributed by atoms with Crippen molar-refractivity contribution in [2.24, 2.45) is 0 Å². The second-order valence-electron chi connectivity index (χ2n) is 4.72. The Kier molecular flexibility index (Phi) is 4.83. The Morgan fingerprint density at radius 3 is 2.65 bits per heavy atom. The molecule has 0 amide bonds. The second kappa shape index (κ2) is 6.41. The highest BCUT2D eigenvalue weighted by molar-refractivity contribution is 6.33. The number of nitrogens with one attached hydrogen (secondary N) is 1. The lowest BCUT2D eigenvalue weighted by Gasteiger charge is -2.13. The van der Waals surface area contributed by atoms with Gasteiger partial charge in [0.05, 0.1) is 5.52 Å². The van der Waals surface area contributed by atoms with Gasteiger partial charge < -0.3 is 10.2 Å². The molecule has 20 heavy (non-hydrogen) atoms. The Morgan fingerprint density at radius 1 is 1.25 bits per heavy atom. The molecule has 2 aromatic heterocycles. The number of aromatic nitrogens is 3. The van der Waals surface area contributed by atoms with E-state index in [1.807, 2.05) is 25.4 Å². The number of pyridine rings is 1. The maximum absolute atomic E-state index is 6.23. The van der Waals surface area contributed by atoms with E-state index >= 15 is 0 Å². The van der Waals surface area contributed by atoms with E-state index in [1.165, 1.54) is 0 Å². The highest BCUT2D eigenvalue weighted by Crippen LogP contribution is 2.26. The fourth-order valence-corrected chi connectivity index (χ4v) is 2.35.